The van der Waals surface area contributed by atoms with Crippen molar-refractivity contribution in [3.63, 3.8) is 0 Å². The van der Waals surface area contributed by atoms with E-state index in [1.54, 1.807) is 47.1 Å². The molecule has 2 aromatic carbocycles. The molecule has 0 saturated carbocycles. The van der Waals surface area contributed by atoms with Gasteiger partial charge in [0.25, 0.3) is 5.91 Å². The van der Waals surface area contributed by atoms with Crippen molar-refractivity contribution in [2.45, 2.75) is 53.9 Å². The number of Topliss-reactive ketones (excluding diaryl/α,β-unsaturated/α-hetero) is 1. The number of carbonyl (C=O) groups excluding carboxylic acids is 2. The lowest BCUT2D eigenvalue weighted by Gasteiger charge is -2.24. The summed E-state index contributed by atoms with van der Waals surface area (Å²) < 4.78 is 34.0. The van der Waals surface area contributed by atoms with Gasteiger partial charge in [0.1, 0.15) is 0 Å². The van der Waals surface area contributed by atoms with Crippen LogP contribution in [0.25, 0.3) is 5.70 Å². The van der Waals surface area contributed by atoms with E-state index in [2.05, 4.69) is 26.0 Å². The molecule has 0 fully saturated rings. The van der Waals surface area contributed by atoms with E-state index in [4.69, 9.17) is 4.74 Å². The predicted molar refractivity (Wildman–Crippen MR) is 173 cm³/mol. The summed E-state index contributed by atoms with van der Waals surface area (Å²) in [5.74, 6) is 0.0919. The van der Waals surface area contributed by atoms with Crippen LogP contribution in [0.2, 0.25) is 0 Å². The highest BCUT2D eigenvalue weighted by Crippen LogP contribution is 2.39. The van der Waals surface area contributed by atoms with Gasteiger partial charge in [0, 0.05) is 18.0 Å². The minimum atomic E-state index is -3.61. The molecular formula is C31H41N7O5S. The average molecular weight is 624 g/mol. The number of hydrazine groups is 2. The molecule has 13 heteroatoms. The standard InChI is InChI=1S/C31H41N7O5S/c1-18-11-12-19(29(40)33-21-14-20(30(2,3)4)15-22(26(21)43-9)35-44(10,41)42)13-24(18)38-17-23(34-36-38)25-16-32-28(37(25)8)27(39)31(5,6)7/h11-17,34-36H,1-10H3,(H,33,40). The Morgan fingerprint density at radius 1 is 1.02 bits per heavy atom. The summed E-state index contributed by atoms with van der Waals surface area (Å²) in [5.41, 5.74) is 10.0. The van der Waals surface area contributed by atoms with Gasteiger partial charge in [0.2, 0.25) is 15.8 Å². The van der Waals surface area contributed by atoms with Crippen LogP contribution >= 0.6 is 0 Å². The Kier molecular flexibility index (Phi) is 8.60. The SMILES string of the molecule is COc1c(NC(=O)c2ccc(C)c(N3C=C(c4cnc(C(=O)C(C)(C)C)n4C)NN3)c2)cc(C(C)(C)C)cc1NS(C)(=O)=O. The Bertz CT molecular complexity index is 1760. The van der Waals surface area contributed by atoms with E-state index in [-0.39, 0.29) is 22.6 Å². The molecule has 0 saturated heterocycles. The van der Waals surface area contributed by atoms with Gasteiger partial charge in [-0.15, -0.1) is 5.53 Å². The molecule has 0 spiro atoms. The van der Waals surface area contributed by atoms with Crippen LogP contribution in [0.15, 0.2) is 42.7 Å². The Morgan fingerprint density at radius 2 is 1.68 bits per heavy atom. The second kappa shape index (κ2) is 11.6. The third-order valence-electron chi connectivity index (χ3n) is 7.15. The zero-order valence-electron chi connectivity index (χ0n) is 26.8. The van der Waals surface area contributed by atoms with Crippen molar-refractivity contribution in [3.8, 4) is 5.75 Å². The van der Waals surface area contributed by atoms with Gasteiger partial charge in [0.05, 0.1) is 54.2 Å². The zero-order valence-corrected chi connectivity index (χ0v) is 27.6. The number of imidazole rings is 1. The fourth-order valence-corrected chi connectivity index (χ4v) is 5.19. The number of ether oxygens (including phenoxy) is 1. The van der Waals surface area contributed by atoms with Crippen molar-refractivity contribution in [2.24, 2.45) is 12.5 Å². The van der Waals surface area contributed by atoms with Crippen LogP contribution in [0.1, 0.15) is 79.3 Å². The van der Waals surface area contributed by atoms with Crippen molar-refractivity contribution < 1.29 is 22.7 Å². The second-order valence-corrected chi connectivity index (χ2v) is 14.7. The third kappa shape index (κ3) is 6.89. The van der Waals surface area contributed by atoms with Gasteiger partial charge in [-0.1, -0.05) is 47.6 Å². The first-order chi connectivity index (χ1) is 20.3. The lowest BCUT2D eigenvalue weighted by atomic mass is 9.86. The number of benzene rings is 2. The maximum atomic E-state index is 13.6. The highest BCUT2D eigenvalue weighted by atomic mass is 32.2. The van der Waals surface area contributed by atoms with Gasteiger partial charge in [0.15, 0.2) is 11.6 Å². The van der Waals surface area contributed by atoms with Crippen LogP contribution in [0.5, 0.6) is 5.75 Å². The molecule has 1 amide bonds. The highest BCUT2D eigenvalue weighted by molar-refractivity contribution is 7.92. The smallest absolute Gasteiger partial charge is 0.255 e. The molecule has 0 atom stereocenters. The molecule has 2 heterocycles. The summed E-state index contributed by atoms with van der Waals surface area (Å²) in [6.45, 7) is 13.5. The number of rotatable bonds is 8. The molecule has 1 aliphatic rings. The molecule has 1 aromatic heterocycles. The second-order valence-electron chi connectivity index (χ2n) is 12.9. The summed E-state index contributed by atoms with van der Waals surface area (Å²) in [5, 5.41) is 4.65. The van der Waals surface area contributed by atoms with E-state index >= 15 is 0 Å². The molecule has 0 unspecified atom stereocenters. The average Bonchev–Trinajstić information content (AvgIpc) is 3.53. The minimum Gasteiger partial charge on any atom is -0.492 e. The molecule has 12 nitrogen and oxygen atoms in total. The number of amides is 1. The molecular weight excluding hydrogens is 582 g/mol. The maximum absolute atomic E-state index is 13.6. The molecule has 1 aliphatic heterocycles. The van der Waals surface area contributed by atoms with E-state index < -0.39 is 21.3 Å². The fourth-order valence-electron chi connectivity index (χ4n) is 4.64. The number of sulfonamides is 1. The van der Waals surface area contributed by atoms with Crippen molar-refractivity contribution in [1.29, 1.82) is 0 Å². The van der Waals surface area contributed by atoms with Gasteiger partial charge in [-0.2, -0.15) is 0 Å². The molecule has 44 heavy (non-hydrogen) atoms. The lowest BCUT2D eigenvalue weighted by molar-refractivity contribution is 0.0843. The quantitative estimate of drug-likeness (QED) is 0.262. The van der Waals surface area contributed by atoms with E-state index in [0.29, 0.717) is 34.2 Å². The molecule has 236 valence electrons. The maximum Gasteiger partial charge on any atom is 0.255 e. The van der Waals surface area contributed by atoms with Gasteiger partial charge in [-0.05, 0) is 47.7 Å². The fraction of sp³-hybridized carbons (Fsp3) is 0.387. The molecule has 4 N–H and O–H groups in total. The molecule has 4 rings (SSSR count). The molecule has 3 aromatic rings. The van der Waals surface area contributed by atoms with Crippen LogP contribution in [0.3, 0.4) is 0 Å². The van der Waals surface area contributed by atoms with Crippen LogP contribution < -0.4 is 30.7 Å². The number of nitrogens with zero attached hydrogens (tertiary/aromatic N) is 3. The van der Waals surface area contributed by atoms with Gasteiger partial charge in [-0.3, -0.25) is 24.7 Å². The van der Waals surface area contributed by atoms with Crippen LogP contribution in [0.4, 0.5) is 17.1 Å². The Morgan fingerprint density at radius 3 is 2.27 bits per heavy atom. The number of nitrogens with one attached hydrogen (secondary N) is 4. The van der Waals surface area contributed by atoms with Gasteiger partial charge < -0.3 is 14.6 Å². The summed E-state index contributed by atoms with van der Waals surface area (Å²) >= 11 is 0. The number of ketones is 1. The highest BCUT2D eigenvalue weighted by Gasteiger charge is 2.29. The molecule has 0 bridgehead atoms. The number of anilines is 3. The van der Waals surface area contributed by atoms with Gasteiger partial charge in [-0.25, -0.2) is 13.4 Å². The summed E-state index contributed by atoms with van der Waals surface area (Å²) in [7, 11) is -0.405. The minimum absolute atomic E-state index is 0.0619. The first-order valence-corrected chi connectivity index (χ1v) is 15.9. The van der Waals surface area contributed by atoms with Crippen LogP contribution in [-0.2, 0) is 22.5 Å². The zero-order chi connectivity index (χ0) is 32.8. The van der Waals surface area contributed by atoms with E-state index in [9.17, 15) is 18.0 Å². The monoisotopic (exact) mass is 623 g/mol. The van der Waals surface area contributed by atoms with Crippen LogP contribution in [-0.4, -0.2) is 43.0 Å². The number of hydrogen-bond donors (Lipinski definition) is 4. The normalized spacial score (nSPS) is 13.8. The Balaban J connectivity index is 1.65. The summed E-state index contributed by atoms with van der Waals surface area (Å²) in [4.78, 5) is 30.8. The van der Waals surface area contributed by atoms with E-state index in [1.165, 1.54) is 7.11 Å². The molecule has 0 aliphatic carbocycles. The predicted octanol–water partition coefficient (Wildman–Crippen LogP) is 4.72. The third-order valence-corrected chi connectivity index (χ3v) is 7.74. The van der Waals surface area contributed by atoms with E-state index in [0.717, 1.165) is 17.4 Å². The van der Waals surface area contributed by atoms with Crippen molar-refractivity contribution >= 4 is 44.5 Å². The first-order valence-electron chi connectivity index (χ1n) is 14.0. The number of aromatic nitrogens is 2. The van der Waals surface area contributed by atoms with Crippen LogP contribution in [0, 0.1) is 12.3 Å². The lowest BCUT2D eigenvalue weighted by Crippen LogP contribution is -2.36. The topological polar surface area (TPSA) is 147 Å². The number of carbonyl (C=O) groups is 2. The largest absolute Gasteiger partial charge is 0.492 e. The first kappa shape index (κ1) is 32.6. The summed E-state index contributed by atoms with van der Waals surface area (Å²) in [6, 6.07) is 8.78. The molecule has 0 radical (unpaired) electrons. The van der Waals surface area contributed by atoms with E-state index in [1.807, 2.05) is 60.7 Å². The van der Waals surface area contributed by atoms with Crippen molar-refractivity contribution in [3.05, 3.63) is 70.9 Å². The number of aryl methyl sites for hydroxylation is 1. The van der Waals surface area contributed by atoms with Crippen molar-refractivity contribution in [1.82, 2.24) is 20.5 Å². The van der Waals surface area contributed by atoms with Crippen molar-refractivity contribution in [2.75, 3.05) is 28.4 Å². The van der Waals surface area contributed by atoms with Gasteiger partial charge >= 0.3 is 0 Å². The Labute approximate surface area is 258 Å². The number of methoxy groups -OCH3 is 1. The summed E-state index contributed by atoms with van der Waals surface area (Å²) in [6.07, 6.45) is 4.53. The Hall–Kier alpha value is -4.36. The number of hydrogen-bond acceptors (Lipinski definition) is 9.